The quantitative estimate of drug-likeness (QED) is 0.861. The maximum Gasteiger partial charge on any atom is 0.335 e. The smallest absolute Gasteiger partial charge is 0.335 e. The Morgan fingerprint density at radius 2 is 1.79 bits per heavy atom. The van der Waals surface area contributed by atoms with Crippen LogP contribution in [0, 0.1) is 0 Å². The molecule has 4 rings (SSSR count). The summed E-state index contributed by atoms with van der Waals surface area (Å²) in [7, 11) is 0. The van der Waals surface area contributed by atoms with Gasteiger partial charge >= 0.3 is 12.0 Å². The minimum absolute atomic E-state index is 0.0428. The van der Waals surface area contributed by atoms with Gasteiger partial charge in [-0.15, -0.1) is 0 Å². The van der Waals surface area contributed by atoms with Crippen molar-refractivity contribution in [2.75, 3.05) is 4.90 Å². The van der Waals surface area contributed by atoms with Crippen molar-refractivity contribution in [3.05, 3.63) is 65.2 Å². The first-order valence-electron chi connectivity index (χ1n) is 7.61. The van der Waals surface area contributed by atoms with Gasteiger partial charge in [-0.1, -0.05) is 30.3 Å². The van der Waals surface area contributed by atoms with Crippen LogP contribution in [-0.4, -0.2) is 34.0 Å². The topological polar surface area (TPSA) is 77.9 Å². The summed E-state index contributed by atoms with van der Waals surface area (Å²) in [5.74, 6) is -1.40. The van der Waals surface area contributed by atoms with Crippen LogP contribution < -0.4 is 4.90 Å². The molecular weight excluding hydrogens is 308 g/mol. The Hall–Kier alpha value is -3.15. The Balaban J connectivity index is 1.71. The van der Waals surface area contributed by atoms with E-state index in [4.69, 9.17) is 5.11 Å². The molecule has 0 spiro atoms. The van der Waals surface area contributed by atoms with E-state index in [0.717, 1.165) is 16.0 Å². The lowest BCUT2D eigenvalue weighted by molar-refractivity contribution is -0.120. The highest BCUT2D eigenvalue weighted by Gasteiger charge is 2.47. The number of carbonyl (C=O) groups is 3. The van der Waals surface area contributed by atoms with Crippen molar-refractivity contribution in [2.24, 2.45) is 0 Å². The minimum Gasteiger partial charge on any atom is -0.478 e. The number of carboxylic acid groups (broad SMARTS) is 1. The number of amides is 3. The van der Waals surface area contributed by atoms with Crippen molar-refractivity contribution in [1.29, 1.82) is 0 Å². The highest BCUT2D eigenvalue weighted by Crippen LogP contribution is 2.33. The summed E-state index contributed by atoms with van der Waals surface area (Å²) in [6.07, 6.45) is 0.482. The molecule has 1 atom stereocenters. The fraction of sp³-hybridized carbons (Fsp3) is 0.167. The number of imide groups is 1. The predicted octanol–water partition coefficient (Wildman–Crippen LogP) is 2.28. The standard InChI is InChI=1S/C18H14N2O4/c21-16-15-9-11-4-1-2-5-13(11)10-19(15)18(24)20(16)14-7-3-6-12(8-14)17(22)23/h1-8,15H,9-10H2,(H,22,23)/t15-/m0/s1. The van der Waals surface area contributed by atoms with Gasteiger partial charge in [-0.3, -0.25) is 4.79 Å². The molecule has 6 nitrogen and oxygen atoms in total. The predicted molar refractivity (Wildman–Crippen MR) is 85.8 cm³/mol. The number of aromatic carboxylic acids is 1. The van der Waals surface area contributed by atoms with Crippen LogP contribution in [0.1, 0.15) is 21.5 Å². The molecule has 1 saturated heterocycles. The number of nitrogens with zero attached hydrogens (tertiary/aromatic N) is 2. The van der Waals surface area contributed by atoms with Gasteiger partial charge in [0.25, 0.3) is 5.91 Å². The van der Waals surface area contributed by atoms with E-state index >= 15 is 0 Å². The zero-order valence-corrected chi connectivity index (χ0v) is 12.7. The van der Waals surface area contributed by atoms with Crippen molar-refractivity contribution in [3.8, 4) is 0 Å². The second-order valence-electron chi connectivity index (χ2n) is 5.93. The summed E-state index contributed by atoms with van der Waals surface area (Å²) in [5, 5.41) is 9.11. The zero-order chi connectivity index (χ0) is 16.8. The molecule has 0 saturated carbocycles. The molecule has 1 fully saturated rings. The fourth-order valence-corrected chi connectivity index (χ4v) is 3.33. The molecule has 2 aromatic rings. The summed E-state index contributed by atoms with van der Waals surface area (Å²) in [5.41, 5.74) is 2.45. The molecule has 0 aliphatic carbocycles. The van der Waals surface area contributed by atoms with Crippen LogP contribution in [0.25, 0.3) is 0 Å². The average molecular weight is 322 g/mol. The molecule has 0 aromatic heterocycles. The van der Waals surface area contributed by atoms with Crippen LogP contribution in [0.4, 0.5) is 10.5 Å². The maximum atomic E-state index is 12.8. The molecule has 0 unspecified atom stereocenters. The number of urea groups is 1. The van der Waals surface area contributed by atoms with Crippen LogP contribution in [-0.2, 0) is 17.8 Å². The Labute approximate surface area is 137 Å². The first-order chi connectivity index (χ1) is 11.6. The maximum absolute atomic E-state index is 12.8. The summed E-state index contributed by atoms with van der Waals surface area (Å²) in [6.45, 7) is 0.389. The normalized spacial score (nSPS) is 19.2. The summed E-state index contributed by atoms with van der Waals surface area (Å²) < 4.78 is 0. The van der Waals surface area contributed by atoms with E-state index in [1.165, 1.54) is 18.2 Å². The summed E-state index contributed by atoms with van der Waals surface area (Å²) >= 11 is 0. The number of hydrogen-bond donors (Lipinski definition) is 1. The number of benzene rings is 2. The molecule has 120 valence electrons. The average Bonchev–Trinajstić information content (AvgIpc) is 2.84. The van der Waals surface area contributed by atoms with Crippen LogP contribution in [0.2, 0.25) is 0 Å². The van der Waals surface area contributed by atoms with E-state index < -0.39 is 18.0 Å². The summed E-state index contributed by atoms with van der Waals surface area (Å²) in [6, 6.07) is 12.7. The minimum atomic E-state index is -1.10. The van der Waals surface area contributed by atoms with Crippen molar-refractivity contribution in [3.63, 3.8) is 0 Å². The number of hydrogen-bond acceptors (Lipinski definition) is 3. The van der Waals surface area contributed by atoms with Gasteiger partial charge in [0.1, 0.15) is 6.04 Å². The molecule has 24 heavy (non-hydrogen) atoms. The van der Waals surface area contributed by atoms with Crippen LogP contribution in [0.5, 0.6) is 0 Å². The van der Waals surface area contributed by atoms with E-state index in [-0.39, 0.29) is 11.5 Å². The number of rotatable bonds is 2. The molecule has 2 aromatic carbocycles. The van der Waals surface area contributed by atoms with Crippen LogP contribution in [0.15, 0.2) is 48.5 Å². The third kappa shape index (κ3) is 2.07. The first kappa shape index (κ1) is 14.4. The highest BCUT2D eigenvalue weighted by molar-refractivity contribution is 6.21. The molecule has 2 aliphatic heterocycles. The third-order valence-electron chi connectivity index (χ3n) is 4.54. The van der Waals surface area contributed by atoms with Gasteiger partial charge in [-0.25, -0.2) is 14.5 Å². The number of anilines is 1. The molecule has 1 N–H and O–H groups in total. The lowest BCUT2D eigenvalue weighted by Crippen LogP contribution is -2.39. The van der Waals surface area contributed by atoms with E-state index in [1.54, 1.807) is 11.0 Å². The number of carbonyl (C=O) groups excluding carboxylic acids is 2. The number of fused-ring (bicyclic) bond motifs is 2. The van der Waals surface area contributed by atoms with Crippen molar-refractivity contribution >= 4 is 23.6 Å². The molecule has 2 heterocycles. The Kier molecular flexibility index (Phi) is 3.13. The first-order valence-corrected chi connectivity index (χ1v) is 7.61. The lowest BCUT2D eigenvalue weighted by atomic mass is 9.95. The Morgan fingerprint density at radius 1 is 1.04 bits per heavy atom. The monoisotopic (exact) mass is 322 g/mol. The van der Waals surface area contributed by atoms with Crippen LogP contribution in [0.3, 0.4) is 0 Å². The SMILES string of the molecule is O=C(O)c1cccc(N2C(=O)[C@@H]3Cc4ccccc4CN3C2=O)c1. The van der Waals surface area contributed by atoms with Gasteiger partial charge in [-0.2, -0.15) is 0 Å². The second kappa shape index (κ2) is 5.19. The van der Waals surface area contributed by atoms with E-state index in [9.17, 15) is 14.4 Å². The van der Waals surface area contributed by atoms with Crippen molar-refractivity contribution in [1.82, 2.24) is 4.90 Å². The van der Waals surface area contributed by atoms with E-state index in [0.29, 0.717) is 18.7 Å². The lowest BCUT2D eigenvalue weighted by Gasteiger charge is -2.28. The van der Waals surface area contributed by atoms with E-state index in [2.05, 4.69) is 0 Å². The Bertz CT molecular complexity index is 834. The molecule has 3 amide bonds. The largest absolute Gasteiger partial charge is 0.478 e. The molecule has 0 bridgehead atoms. The molecule has 0 radical (unpaired) electrons. The van der Waals surface area contributed by atoms with Crippen LogP contribution >= 0.6 is 0 Å². The second-order valence-corrected chi connectivity index (χ2v) is 5.93. The third-order valence-corrected chi connectivity index (χ3v) is 4.54. The highest BCUT2D eigenvalue weighted by atomic mass is 16.4. The van der Waals surface area contributed by atoms with Gasteiger partial charge < -0.3 is 10.0 Å². The van der Waals surface area contributed by atoms with Crippen molar-refractivity contribution < 1.29 is 19.5 Å². The molecule has 6 heteroatoms. The molecule has 2 aliphatic rings. The summed E-state index contributed by atoms with van der Waals surface area (Å²) in [4.78, 5) is 39.3. The number of carboxylic acids is 1. The fourth-order valence-electron chi connectivity index (χ4n) is 3.33. The van der Waals surface area contributed by atoms with Gasteiger partial charge in [0.05, 0.1) is 11.3 Å². The molecular formula is C18H14N2O4. The zero-order valence-electron chi connectivity index (χ0n) is 12.7. The van der Waals surface area contributed by atoms with Gasteiger partial charge in [0, 0.05) is 13.0 Å². The Morgan fingerprint density at radius 3 is 2.54 bits per heavy atom. The van der Waals surface area contributed by atoms with Gasteiger partial charge in [0.2, 0.25) is 0 Å². The van der Waals surface area contributed by atoms with E-state index in [1.807, 2.05) is 24.3 Å². The van der Waals surface area contributed by atoms with Gasteiger partial charge in [0.15, 0.2) is 0 Å². The van der Waals surface area contributed by atoms with Gasteiger partial charge in [-0.05, 0) is 29.3 Å². The van der Waals surface area contributed by atoms with Crippen molar-refractivity contribution in [2.45, 2.75) is 19.0 Å².